The number of rotatable bonds is 7. The molecule has 0 fully saturated rings. The molecule has 1 aromatic carbocycles. The Kier molecular flexibility index (Phi) is 5.86. The number of anilines is 2. The van der Waals surface area contributed by atoms with Gasteiger partial charge in [0.15, 0.2) is 6.61 Å². The zero-order valence-corrected chi connectivity index (χ0v) is 13.5. The van der Waals surface area contributed by atoms with Crippen LogP contribution in [0, 0.1) is 0 Å². The molecule has 10 heteroatoms. The third kappa shape index (κ3) is 4.74. The van der Waals surface area contributed by atoms with E-state index >= 15 is 0 Å². The Balaban J connectivity index is 2.03. The number of nitrogens with one attached hydrogen (secondary N) is 1. The van der Waals surface area contributed by atoms with Crippen molar-refractivity contribution in [1.82, 2.24) is 4.98 Å². The van der Waals surface area contributed by atoms with Crippen LogP contribution in [0.1, 0.15) is 10.4 Å². The van der Waals surface area contributed by atoms with E-state index in [4.69, 9.17) is 10.5 Å². The number of ether oxygens (including phenoxy) is 2. The minimum Gasteiger partial charge on any atom is -0.497 e. The number of nitrogens with zero attached hydrogens (tertiary/aromatic N) is 1. The van der Waals surface area contributed by atoms with Crippen molar-refractivity contribution in [2.24, 2.45) is 0 Å². The number of halogens is 4. The second-order valence-corrected chi connectivity index (χ2v) is 5.14. The molecule has 140 valence electrons. The summed E-state index contributed by atoms with van der Waals surface area (Å²) in [4.78, 5) is 15.8. The summed E-state index contributed by atoms with van der Waals surface area (Å²) in [6.45, 7) is -1.52. The van der Waals surface area contributed by atoms with E-state index in [2.05, 4.69) is 15.0 Å². The largest absolute Gasteiger partial charge is 0.497 e. The van der Waals surface area contributed by atoms with Crippen molar-refractivity contribution in [1.29, 1.82) is 0 Å². The number of alkyl halides is 4. The molecule has 0 spiro atoms. The second kappa shape index (κ2) is 7.89. The summed E-state index contributed by atoms with van der Waals surface area (Å²) in [6.07, 6.45) is -2.79. The molecule has 0 radical (unpaired) electrons. The van der Waals surface area contributed by atoms with Gasteiger partial charge in [0.25, 0.3) is 5.91 Å². The van der Waals surface area contributed by atoms with Gasteiger partial charge in [-0.3, -0.25) is 4.79 Å². The molecule has 26 heavy (non-hydrogen) atoms. The minimum atomic E-state index is -4.29. The van der Waals surface area contributed by atoms with Gasteiger partial charge in [0, 0.05) is 18.3 Å². The number of hydrogen-bond donors (Lipinski definition) is 2. The Morgan fingerprint density at radius 1 is 1.31 bits per heavy atom. The Labute approximate surface area is 145 Å². The van der Waals surface area contributed by atoms with Crippen molar-refractivity contribution in [3.63, 3.8) is 0 Å². The monoisotopic (exact) mass is 373 g/mol. The average molecular weight is 373 g/mol. The van der Waals surface area contributed by atoms with Crippen LogP contribution < -0.4 is 20.5 Å². The third-order valence-electron chi connectivity index (χ3n) is 3.24. The van der Waals surface area contributed by atoms with E-state index in [0.29, 0.717) is 17.1 Å². The maximum atomic E-state index is 12.8. The Morgan fingerprint density at radius 2 is 2.04 bits per heavy atom. The Bertz CT molecular complexity index is 770. The molecule has 0 saturated carbocycles. The van der Waals surface area contributed by atoms with Gasteiger partial charge in [-0.1, -0.05) is 0 Å². The Hall–Kier alpha value is -3.04. The van der Waals surface area contributed by atoms with E-state index in [9.17, 15) is 22.4 Å². The van der Waals surface area contributed by atoms with Crippen LogP contribution in [0.5, 0.6) is 11.6 Å². The first-order valence-corrected chi connectivity index (χ1v) is 7.22. The van der Waals surface area contributed by atoms with Crippen molar-refractivity contribution in [3.8, 4) is 11.6 Å². The molecule has 0 aliphatic heterocycles. The number of nitrogens with two attached hydrogens (primary N) is 1. The highest BCUT2D eigenvalue weighted by atomic mass is 19.3. The molecular weight excluding hydrogens is 358 g/mol. The van der Waals surface area contributed by atoms with Gasteiger partial charge < -0.3 is 20.5 Å². The molecule has 1 amide bonds. The van der Waals surface area contributed by atoms with Crippen molar-refractivity contribution in [2.45, 2.75) is 12.3 Å². The van der Waals surface area contributed by atoms with E-state index in [1.165, 1.54) is 19.2 Å². The predicted octanol–water partition coefficient (Wildman–Crippen LogP) is 3.20. The molecule has 0 unspecified atom stereocenters. The first-order valence-electron chi connectivity index (χ1n) is 7.22. The maximum Gasteiger partial charge on any atom is 0.340 e. The van der Waals surface area contributed by atoms with Crippen LogP contribution in [0.15, 0.2) is 36.5 Å². The van der Waals surface area contributed by atoms with E-state index < -0.39 is 24.9 Å². The van der Waals surface area contributed by atoms with Crippen molar-refractivity contribution in [3.05, 3.63) is 42.1 Å². The Morgan fingerprint density at radius 3 is 2.62 bits per heavy atom. The SMILES string of the molecule is COc1ccc(N)c(NC(=O)c2ccc(OCC(F)(F)C(F)F)nc2)c1. The number of hydrogen-bond acceptors (Lipinski definition) is 5. The minimum absolute atomic E-state index is 0.0835. The van der Waals surface area contributed by atoms with Gasteiger partial charge >= 0.3 is 12.3 Å². The van der Waals surface area contributed by atoms with Crippen LogP contribution in [0.4, 0.5) is 28.9 Å². The molecule has 0 saturated heterocycles. The number of carbonyl (C=O) groups excluding carboxylic acids is 1. The lowest BCUT2D eigenvalue weighted by Gasteiger charge is -2.15. The lowest BCUT2D eigenvalue weighted by atomic mass is 10.2. The highest BCUT2D eigenvalue weighted by Gasteiger charge is 2.41. The van der Waals surface area contributed by atoms with Gasteiger partial charge in [0.1, 0.15) is 5.75 Å². The third-order valence-corrected chi connectivity index (χ3v) is 3.24. The number of methoxy groups -OCH3 is 1. The normalized spacial score (nSPS) is 11.3. The lowest BCUT2D eigenvalue weighted by molar-refractivity contribution is -0.148. The smallest absolute Gasteiger partial charge is 0.340 e. The summed E-state index contributed by atoms with van der Waals surface area (Å²) in [7, 11) is 1.46. The zero-order chi connectivity index (χ0) is 19.3. The summed E-state index contributed by atoms with van der Waals surface area (Å²) in [6, 6.07) is 7.05. The first kappa shape index (κ1) is 19.3. The zero-order valence-electron chi connectivity index (χ0n) is 13.5. The molecule has 0 aliphatic rings. The highest BCUT2D eigenvalue weighted by Crippen LogP contribution is 2.26. The number of nitrogen functional groups attached to an aromatic ring is 1. The molecular formula is C16H15F4N3O3. The summed E-state index contributed by atoms with van der Waals surface area (Å²) in [5.74, 6) is -4.69. The second-order valence-electron chi connectivity index (χ2n) is 5.14. The average Bonchev–Trinajstić information content (AvgIpc) is 2.62. The highest BCUT2D eigenvalue weighted by molar-refractivity contribution is 6.05. The fraction of sp³-hybridized carbons (Fsp3) is 0.250. The summed E-state index contributed by atoms with van der Waals surface area (Å²) >= 11 is 0. The van der Waals surface area contributed by atoms with E-state index in [-0.39, 0.29) is 11.4 Å². The van der Waals surface area contributed by atoms with Gasteiger partial charge in [0.05, 0.1) is 24.0 Å². The predicted molar refractivity (Wildman–Crippen MR) is 86.0 cm³/mol. The van der Waals surface area contributed by atoms with Gasteiger partial charge in [-0.15, -0.1) is 0 Å². The number of aromatic nitrogens is 1. The fourth-order valence-electron chi connectivity index (χ4n) is 1.80. The van der Waals surface area contributed by atoms with E-state index in [0.717, 1.165) is 12.3 Å². The number of amides is 1. The molecule has 0 aliphatic carbocycles. The molecule has 1 heterocycles. The number of benzene rings is 1. The molecule has 0 bridgehead atoms. The van der Waals surface area contributed by atoms with Gasteiger partial charge in [-0.05, 0) is 18.2 Å². The van der Waals surface area contributed by atoms with Crippen LogP contribution in [0.3, 0.4) is 0 Å². The number of pyridine rings is 1. The first-order chi connectivity index (χ1) is 12.2. The van der Waals surface area contributed by atoms with Crippen LogP contribution in [0.25, 0.3) is 0 Å². The van der Waals surface area contributed by atoms with Crippen LogP contribution in [0.2, 0.25) is 0 Å². The van der Waals surface area contributed by atoms with Crippen molar-refractivity contribution >= 4 is 17.3 Å². The molecule has 6 nitrogen and oxygen atoms in total. The van der Waals surface area contributed by atoms with Gasteiger partial charge in [-0.2, -0.15) is 8.78 Å². The standard InChI is InChI=1S/C16H15F4N3O3/c1-25-10-3-4-11(21)12(6-10)23-14(24)9-2-5-13(22-7-9)26-8-16(19,20)15(17)18/h2-7,15H,8,21H2,1H3,(H,23,24). The maximum absolute atomic E-state index is 12.8. The van der Waals surface area contributed by atoms with Crippen molar-refractivity contribution < 1.29 is 31.8 Å². The van der Waals surface area contributed by atoms with Gasteiger partial charge in [-0.25, -0.2) is 13.8 Å². The van der Waals surface area contributed by atoms with Crippen LogP contribution in [-0.4, -0.2) is 37.0 Å². The van der Waals surface area contributed by atoms with E-state index in [1.54, 1.807) is 12.1 Å². The topological polar surface area (TPSA) is 86.5 Å². The molecule has 1 aromatic heterocycles. The molecule has 2 rings (SSSR count). The van der Waals surface area contributed by atoms with Crippen LogP contribution in [-0.2, 0) is 0 Å². The quantitative estimate of drug-likeness (QED) is 0.575. The van der Waals surface area contributed by atoms with Crippen LogP contribution >= 0.6 is 0 Å². The van der Waals surface area contributed by atoms with E-state index in [1.807, 2.05) is 0 Å². The molecule has 0 atom stereocenters. The summed E-state index contributed by atoms with van der Waals surface area (Å²) < 4.78 is 59.3. The van der Waals surface area contributed by atoms with Gasteiger partial charge in [0.2, 0.25) is 5.88 Å². The number of carbonyl (C=O) groups is 1. The molecule has 2 aromatic rings. The summed E-state index contributed by atoms with van der Waals surface area (Å²) in [5.41, 5.74) is 6.46. The fourth-order valence-corrected chi connectivity index (χ4v) is 1.80. The lowest BCUT2D eigenvalue weighted by Crippen LogP contribution is -2.33. The summed E-state index contributed by atoms with van der Waals surface area (Å²) in [5, 5.41) is 2.55. The molecule has 3 N–H and O–H groups in total. The van der Waals surface area contributed by atoms with Crippen molar-refractivity contribution in [2.75, 3.05) is 24.8 Å².